The van der Waals surface area contributed by atoms with E-state index in [0.717, 1.165) is 15.9 Å². The number of halogens is 1. The number of amides is 1. The molecule has 0 spiro atoms. The van der Waals surface area contributed by atoms with Gasteiger partial charge in [0, 0.05) is 14.1 Å². The van der Waals surface area contributed by atoms with Crippen molar-refractivity contribution in [1.29, 1.82) is 0 Å². The summed E-state index contributed by atoms with van der Waals surface area (Å²) >= 11 is 3.44. The Morgan fingerprint density at radius 1 is 1.22 bits per heavy atom. The van der Waals surface area contributed by atoms with E-state index >= 15 is 0 Å². The van der Waals surface area contributed by atoms with Crippen LogP contribution in [0, 0.1) is 0 Å². The van der Waals surface area contributed by atoms with E-state index in [4.69, 9.17) is 13.9 Å². The molecule has 7 nitrogen and oxygen atoms in total. The number of hydrogen-bond donors (Lipinski definition) is 0. The molecule has 0 aliphatic rings. The van der Waals surface area contributed by atoms with Crippen molar-refractivity contribution in [2.45, 2.75) is 13.2 Å². The lowest BCUT2D eigenvalue weighted by Crippen LogP contribution is -2.27. The first-order valence-corrected chi connectivity index (χ1v) is 9.04. The summed E-state index contributed by atoms with van der Waals surface area (Å²) in [6.07, 6.45) is 1.70. The van der Waals surface area contributed by atoms with E-state index in [1.165, 1.54) is 0 Å². The Hall–Kier alpha value is -2.74. The average Bonchev–Trinajstić information content (AvgIpc) is 3.28. The number of nitrogens with zero attached hydrogens (tertiary/aromatic N) is 3. The Labute approximate surface area is 165 Å². The maximum absolute atomic E-state index is 12.6. The Morgan fingerprint density at radius 3 is 2.56 bits per heavy atom. The molecule has 8 heteroatoms. The first kappa shape index (κ1) is 19.0. The van der Waals surface area contributed by atoms with Crippen molar-refractivity contribution < 1.29 is 18.7 Å². The Kier molecular flexibility index (Phi) is 5.85. The average molecular weight is 434 g/mol. The minimum Gasteiger partial charge on any atom is -0.497 e. The van der Waals surface area contributed by atoms with Gasteiger partial charge < -0.3 is 18.8 Å². The standard InChI is InChI=1S/C19H20BrN3O4/c1-22(11-17-16(20)10-21-23(17)2)19(24)18-9-8-15(27-18)12-26-14-6-4-13(25-3)5-7-14/h4-10H,11-12H2,1-3H3. The van der Waals surface area contributed by atoms with Gasteiger partial charge in [0.1, 0.15) is 23.9 Å². The van der Waals surface area contributed by atoms with E-state index in [1.54, 1.807) is 42.1 Å². The highest BCUT2D eigenvalue weighted by Crippen LogP contribution is 2.20. The predicted molar refractivity (Wildman–Crippen MR) is 103 cm³/mol. The van der Waals surface area contributed by atoms with Crippen LogP contribution in [0.1, 0.15) is 22.0 Å². The van der Waals surface area contributed by atoms with Crippen molar-refractivity contribution >= 4 is 21.8 Å². The highest BCUT2D eigenvalue weighted by atomic mass is 79.9. The summed E-state index contributed by atoms with van der Waals surface area (Å²) in [5.74, 6) is 2.08. The number of hydrogen-bond acceptors (Lipinski definition) is 5. The summed E-state index contributed by atoms with van der Waals surface area (Å²) in [5.41, 5.74) is 0.903. The summed E-state index contributed by atoms with van der Waals surface area (Å²) in [6, 6.07) is 10.7. The summed E-state index contributed by atoms with van der Waals surface area (Å²) in [6.45, 7) is 0.644. The molecule has 142 valence electrons. The number of carbonyl (C=O) groups excluding carboxylic acids is 1. The molecular formula is C19H20BrN3O4. The minimum absolute atomic E-state index is 0.209. The highest BCUT2D eigenvalue weighted by molar-refractivity contribution is 9.10. The summed E-state index contributed by atoms with van der Waals surface area (Å²) in [5, 5.41) is 4.15. The predicted octanol–water partition coefficient (Wildman–Crippen LogP) is 3.64. The summed E-state index contributed by atoms with van der Waals surface area (Å²) in [7, 11) is 5.17. The molecule has 0 aliphatic carbocycles. The number of aromatic nitrogens is 2. The molecular weight excluding hydrogens is 414 g/mol. The van der Waals surface area contributed by atoms with Crippen molar-refractivity contribution in [1.82, 2.24) is 14.7 Å². The van der Waals surface area contributed by atoms with Crippen LogP contribution in [0.3, 0.4) is 0 Å². The lowest BCUT2D eigenvalue weighted by Gasteiger charge is -2.16. The van der Waals surface area contributed by atoms with Crippen LogP contribution in [0.15, 0.2) is 51.5 Å². The topological polar surface area (TPSA) is 69.7 Å². The summed E-state index contributed by atoms with van der Waals surface area (Å²) in [4.78, 5) is 14.2. The van der Waals surface area contributed by atoms with Crippen LogP contribution in [0.4, 0.5) is 0 Å². The van der Waals surface area contributed by atoms with Crippen LogP contribution in [-0.4, -0.2) is 34.7 Å². The summed E-state index contributed by atoms with van der Waals surface area (Å²) < 4.78 is 19.0. The van der Waals surface area contributed by atoms with Crippen LogP contribution in [0.2, 0.25) is 0 Å². The lowest BCUT2D eigenvalue weighted by atomic mass is 10.3. The Balaban J connectivity index is 1.59. The first-order chi connectivity index (χ1) is 13.0. The minimum atomic E-state index is -0.209. The number of rotatable bonds is 7. The zero-order valence-corrected chi connectivity index (χ0v) is 16.9. The number of aryl methyl sites for hydroxylation is 1. The molecule has 0 saturated carbocycles. The van der Waals surface area contributed by atoms with Crippen LogP contribution < -0.4 is 9.47 Å². The van der Waals surface area contributed by atoms with Crippen molar-refractivity contribution in [3.63, 3.8) is 0 Å². The first-order valence-electron chi connectivity index (χ1n) is 8.25. The highest BCUT2D eigenvalue weighted by Gasteiger charge is 2.19. The second kappa shape index (κ2) is 8.30. The second-order valence-corrected chi connectivity index (χ2v) is 6.81. The molecule has 0 saturated heterocycles. The van der Waals surface area contributed by atoms with Gasteiger partial charge in [-0.05, 0) is 52.3 Å². The molecule has 3 rings (SSSR count). The van der Waals surface area contributed by atoms with Gasteiger partial charge in [-0.1, -0.05) is 0 Å². The molecule has 0 N–H and O–H groups in total. The molecule has 0 fully saturated rings. The SMILES string of the molecule is COc1ccc(OCc2ccc(C(=O)N(C)Cc3c(Br)cnn3C)o2)cc1. The van der Waals surface area contributed by atoms with Crippen molar-refractivity contribution in [2.24, 2.45) is 7.05 Å². The van der Waals surface area contributed by atoms with Gasteiger partial charge in [-0.3, -0.25) is 9.48 Å². The van der Waals surface area contributed by atoms with Crippen molar-refractivity contribution in [3.05, 3.63) is 64.3 Å². The molecule has 0 radical (unpaired) electrons. The van der Waals surface area contributed by atoms with Gasteiger partial charge in [-0.15, -0.1) is 0 Å². The van der Waals surface area contributed by atoms with E-state index in [-0.39, 0.29) is 18.3 Å². The van der Waals surface area contributed by atoms with Crippen LogP contribution in [0.5, 0.6) is 11.5 Å². The fraction of sp³-hybridized carbons (Fsp3) is 0.263. The molecule has 0 atom stereocenters. The molecule has 0 unspecified atom stereocenters. The van der Waals surface area contributed by atoms with Gasteiger partial charge in [0.25, 0.3) is 5.91 Å². The maximum Gasteiger partial charge on any atom is 0.289 e. The van der Waals surface area contributed by atoms with Crippen molar-refractivity contribution in [2.75, 3.05) is 14.2 Å². The van der Waals surface area contributed by atoms with Crippen LogP contribution in [-0.2, 0) is 20.2 Å². The number of benzene rings is 1. The van der Waals surface area contributed by atoms with Gasteiger partial charge in [0.2, 0.25) is 0 Å². The molecule has 0 bridgehead atoms. The zero-order chi connectivity index (χ0) is 19.4. The number of ether oxygens (including phenoxy) is 2. The van der Waals surface area contributed by atoms with Gasteiger partial charge in [-0.25, -0.2) is 0 Å². The van der Waals surface area contributed by atoms with E-state index in [2.05, 4.69) is 21.0 Å². The molecule has 3 aromatic rings. The Bertz CT molecular complexity index is 898. The largest absolute Gasteiger partial charge is 0.497 e. The lowest BCUT2D eigenvalue weighted by molar-refractivity contribution is 0.0746. The smallest absolute Gasteiger partial charge is 0.289 e. The van der Waals surface area contributed by atoms with E-state index in [1.807, 2.05) is 31.3 Å². The fourth-order valence-electron chi connectivity index (χ4n) is 2.50. The third-order valence-electron chi connectivity index (χ3n) is 4.06. The Morgan fingerprint density at radius 2 is 1.93 bits per heavy atom. The number of furan rings is 1. The van der Waals surface area contributed by atoms with E-state index in [0.29, 0.717) is 18.1 Å². The van der Waals surface area contributed by atoms with Gasteiger partial charge >= 0.3 is 0 Å². The molecule has 0 aliphatic heterocycles. The third kappa shape index (κ3) is 4.51. The van der Waals surface area contributed by atoms with Gasteiger partial charge in [-0.2, -0.15) is 5.10 Å². The number of methoxy groups -OCH3 is 1. The fourth-order valence-corrected chi connectivity index (χ4v) is 2.97. The zero-order valence-electron chi connectivity index (χ0n) is 15.3. The van der Waals surface area contributed by atoms with Crippen LogP contribution in [0.25, 0.3) is 0 Å². The molecule has 27 heavy (non-hydrogen) atoms. The van der Waals surface area contributed by atoms with Crippen LogP contribution >= 0.6 is 15.9 Å². The maximum atomic E-state index is 12.6. The monoisotopic (exact) mass is 433 g/mol. The van der Waals surface area contributed by atoms with Crippen molar-refractivity contribution in [3.8, 4) is 11.5 Å². The van der Waals surface area contributed by atoms with Gasteiger partial charge in [0.15, 0.2) is 5.76 Å². The normalized spacial score (nSPS) is 10.7. The number of carbonyl (C=O) groups is 1. The third-order valence-corrected chi connectivity index (χ3v) is 4.72. The quantitative estimate of drug-likeness (QED) is 0.568. The molecule has 2 aromatic heterocycles. The second-order valence-electron chi connectivity index (χ2n) is 5.95. The molecule has 2 heterocycles. The molecule has 1 amide bonds. The molecule has 1 aromatic carbocycles. The van der Waals surface area contributed by atoms with E-state index < -0.39 is 0 Å². The van der Waals surface area contributed by atoms with Gasteiger partial charge in [0.05, 0.1) is 30.0 Å². The van der Waals surface area contributed by atoms with E-state index in [9.17, 15) is 4.79 Å².